The molecule has 3 heteroatoms. The van der Waals surface area contributed by atoms with E-state index in [4.69, 9.17) is 5.73 Å². The highest BCUT2D eigenvalue weighted by Gasteiger charge is 2.27. The van der Waals surface area contributed by atoms with Crippen molar-refractivity contribution < 1.29 is 0 Å². The molecule has 0 aromatic carbocycles. The Balaban J connectivity index is 2.33. The molecule has 1 aromatic heterocycles. The van der Waals surface area contributed by atoms with Gasteiger partial charge >= 0.3 is 0 Å². The average Bonchev–Trinajstić information content (AvgIpc) is 2.84. The lowest BCUT2D eigenvalue weighted by molar-refractivity contribution is 0.571. The number of aryl methyl sites for hydroxylation is 1. The molecule has 1 heterocycles. The van der Waals surface area contributed by atoms with Crippen LogP contribution in [0.4, 0.5) is 0 Å². The molecule has 0 amide bonds. The van der Waals surface area contributed by atoms with E-state index in [0.29, 0.717) is 6.04 Å². The Hall–Kier alpha value is -0.830. The van der Waals surface area contributed by atoms with Crippen LogP contribution in [0.3, 0.4) is 0 Å². The Kier molecular flexibility index (Phi) is 2.12. The van der Waals surface area contributed by atoms with Gasteiger partial charge in [-0.25, -0.2) is 0 Å². The summed E-state index contributed by atoms with van der Waals surface area (Å²) >= 11 is 0. The fourth-order valence-electron chi connectivity index (χ4n) is 1.59. The van der Waals surface area contributed by atoms with Gasteiger partial charge in [0.2, 0.25) is 0 Å². The monoisotopic (exact) mass is 179 g/mol. The van der Waals surface area contributed by atoms with Crippen molar-refractivity contribution in [3.8, 4) is 0 Å². The zero-order chi connectivity index (χ0) is 9.42. The maximum Gasteiger partial charge on any atom is 0.0625 e. The summed E-state index contributed by atoms with van der Waals surface area (Å²) in [6.07, 6.45) is 3.54. The summed E-state index contributed by atoms with van der Waals surface area (Å²) < 4.78 is 2.13. The molecule has 0 radical (unpaired) electrons. The van der Waals surface area contributed by atoms with Crippen LogP contribution >= 0.6 is 0 Å². The maximum absolute atomic E-state index is 5.89. The Bertz CT molecular complexity index is 278. The van der Waals surface area contributed by atoms with E-state index in [1.54, 1.807) is 0 Å². The van der Waals surface area contributed by atoms with Gasteiger partial charge < -0.3 is 5.73 Å². The van der Waals surface area contributed by atoms with E-state index in [-0.39, 0.29) is 6.04 Å². The quantitative estimate of drug-likeness (QED) is 0.769. The molecule has 1 aliphatic carbocycles. The van der Waals surface area contributed by atoms with E-state index in [1.165, 1.54) is 24.2 Å². The normalized spacial score (nSPS) is 19.0. The molecule has 0 saturated heterocycles. The zero-order valence-corrected chi connectivity index (χ0v) is 8.33. The zero-order valence-electron chi connectivity index (χ0n) is 8.33. The van der Waals surface area contributed by atoms with Crippen molar-refractivity contribution in [1.82, 2.24) is 9.78 Å². The van der Waals surface area contributed by atoms with Crippen LogP contribution in [0.5, 0.6) is 0 Å². The number of hydrogen-bond acceptors (Lipinski definition) is 2. The van der Waals surface area contributed by atoms with E-state index in [2.05, 4.69) is 22.8 Å². The van der Waals surface area contributed by atoms with Crippen LogP contribution in [0.15, 0.2) is 6.07 Å². The number of aromatic nitrogens is 2. The number of nitrogens with zero attached hydrogens (tertiary/aromatic N) is 2. The van der Waals surface area contributed by atoms with Crippen molar-refractivity contribution in [1.29, 1.82) is 0 Å². The minimum absolute atomic E-state index is 0.105. The van der Waals surface area contributed by atoms with Gasteiger partial charge in [-0.2, -0.15) is 5.10 Å². The summed E-state index contributed by atoms with van der Waals surface area (Å²) in [5, 5.41) is 4.55. The lowest BCUT2D eigenvalue weighted by Crippen LogP contribution is -2.12. The molecule has 0 unspecified atom stereocenters. The molecule has 1 aliphatic rings. The number of nitrogens with two attached hydrogens (primary N) is 1. The SMILES string of the molecule is CCc1cc([C@H](C)N)n(C2CC2)n1. The number of rotatable bonds is 3. The van der Waals surface area contributed by atoms with E-state index < -0.39 is 0 Å². The summed E-state index contributed by atoms with van der Waals surface area (Å²) in [6, 6.07) is 2.89. The van der Waals surface area contributed by atoms with Crippen LogP contribution in [0, 0.1) is 0 Å². The van der Waals surface area contributed by atoms with Gasteiger partial charge in [0.05, 0.1) is 17.4 Å². The van der Waals surface area contributed by atoms with Gasteiger partial charge in [-0.3, -0.25) is 4.68 Å². The maximum atomic E-state index is 5.89. The van der Waals surface area contributed by atoms with Gasteiger partial charge in [0, 0.05) is 6.04 Å². The largest absolute Gasteiger partial charge is 0.323 e. The molecule has 1 atom stereocenters. The van der Waals surface area contributed by atoms with Crippen molar-refractivity contribution in [2.45, 2.75) is 45.2 Å². The van der Waals surface area contributed by atoms with Gasteiger partial charge in [-0.1, -0.05) is 6.92 Å². The molecular formula is C10H17N3. The highest BCUT2D eigenvalue weighted by molar-refractivity contribution is 5.15. The molecule has 3 nitrogen and oxygen atoms in total. The second kappa shape index (κ2) is 3.14. The average molecular weight is 179 g/mol. The van der Waals surface area contributed by atoms with Crippen molar-refractivity contribution in [3.63, 3.8) is 0 Å². The molecule has 72 valence electrons. The first-order valence-corrected chi connectivity index (χ1v) is 5.06. The second-order valence-corrected chi connectivity index (χ2v) is 3.88. The molecule has 1 fully saturated rings. The van der Waals surface area contributed by atoms with Gasteiger partial charge in [-0.15, -0.1) is 0 Å². The molecule has 13 heavy (non-hydrogen) atoms. The van der Waals surface area contributed by atoms with E-state index in [1.807, 2.05) is 6.92 Å². The van der Waals surface area contributed by atoms with Crippen molar-refractivity contribution in [2.75, 3.05) is 0 Å². The summed E-state index contributed by atoms with van der Waals surface area (Å²) in [4.78, 5) is 0. The third-order valence-corrected chi connectivity index (χ3v) is 2.54. The first-order chi connectivity index (χ1) is 6.22. The Labute approximate surface area is 78.9 Å². The van der Waals surface area contributed by atoms with Gasteiger partial charge in [-0.05, 0) is 32.3 Å². The van der Waals surface area contributed by atoms with Crippen molar-refractivity contribution in [3.05, 3.63) is 17.5 Å². The van der Waals surface area contributed by atoms with Crippen LogP contribution in [0.25, 0.3) is 0 Å². The number of hydrogen-bond donors (Lipinski definition) is 1. The lowest BCUT2D eigenvalue weighted by Gasteiger charge is -2.07. The fourth-order valence-corrected chi connectivity index (χ4v) is 1.59. The van der Waals surface area contributed by atoms with Crippen LogP contribution in [-0.2, 0) is 6.42 Å². The first-order valence-electron chi connectivity index (χ1n) is 5.06. The predicted octanol–water partition coefficient (Wildman–Crippen LogP) is 1.80. The molecular weight excluding hydrogens is 162 g/mol. The van der Waals surface area contributed by atoms with Crippen LogP contribution in [-0.4, -0.2) is 9.78 Å². The Morgan fingerprint density at radius 1 is 1.69 bits per heavy atom. The summed E-state index contributed by atoms with van der Waals surface area (Å²) in [6.45, 7) is 4.15. The van der Waals surface area contributed by atoms with Crippen LogP contribution < -0.4 is 5.73 Å². The molecule has 0 bridgehead atoms. The summed E-state index contributed by atoms with van der Waals surface area (Å²) in [5.41, 5.74) is 8.25. The topological polar surface area (TPSA) is 43.8 Å². The van der Waals surface area contributed by atoms with Crippen LogP contribution in [0.2, 0.25) is 0 Å². The molecule has 1 saturated carbocycles. The third-order valence-electron chi connectivity index (χ3n) is 2.54. The van der Waals surface area contributed by atoms with Crippen molar-refractivity contribution >= 4 is 0 Å². The fraction of sp³-hybridized carbons (Fsp3) is 0.700. The smallest absolute Gasteiger partial charge is 0.0625 e. The van der Waals surface area contributed by atoms with E-state index in [9.17, 15) is 0 Å². The molecule has 1 aromatic rings. The minimum atomic E-state index is 0.105. The van der Waals surface area contributed by atoms with Gasteiger partial charge in [0.15, 0.2) is 0 Å². The first kappa shape index (κ1) is 8.75. The third kappa shape index (κ3) is 1.61. The standard InChI is InChI=1S/C10H17N3/c1-3-8-6-10(7(2)11)13(12-8)9-4-5-9/h6-7,9H,3-5,11H2,1-2H3/t7-/m0/s1. The molecule has 2 rings (SSSR count). The predicted molar refractivity (Wildman–Crippen MR) is 52.5 cm³/mol. The Morgan fingerprint density at radius 3 is 2.85 bits per heavy atom. The van der Waals surface area contributed by atoms with Gasteiger partial charge in [0.25, 0.3) is 0 Å². The van der Waals surface area contributed by atoms with Gasteiger partial charge in [0.1, 0.15) is 0 Å². The van der Waals surface area contributed by atoms with Crippen LogP contribution in [0.1, 0.15) is 50.2 Å². The summed E-state index contributed by atoms with van der Waals surface area (Å²) in [7, 11) is 0. The minimum Gasteiger partial charge on any atom is -0.323 e. The van der Waals surface area contributed by atoms with E-state index in [0.717, 1.165) is 6.42 Å². The summed E-state index contributed by atoms with van der Waals surface area (Å²) in [5.74, 6) is 0. The van der Waals surface area contributed by atoms with E-state index >= 15 is 0 Å². The lowest BCUT2D eigenvalue weighted by atomic mass is 10.2. The Morgan fingerprint density at radius 2 is 2.38 bits per heavy atom. The second-order valence-electron chi connectivity index (χ2n) is 3.88. The molecule has 0 spiro atoms. The highest BCUT2D eigenvalue weighted by atomic mass is 15.3. The highest BCUT2D eigenvalue weighted by Crippen LogP contribution is 2.36. The molecule has 2 N–H and O–H groups in total. The molecule has 0 aliphatic heterocycles. The van der Waals surface area contributed by atoms with Crippen molar-refractivity contribution in [2.24, 2.45) is 5.73 Å².